The highest BCUT2D eigenvalue weighted by molar-refractivity contribution is 7.89. The number of carbonyl (C=O) groups is 1. The van der Waals surface area contributed by atoms with Gasteiger partial charge in [0, 0.05) is 30.4 Å². The van der Waals surface area contributed by atoms with Crippen molar-refractivity contribution in [3.05, 3.63) is 63.5 Å². The van der Waals surface area contributed by atoms with E-state index < -0.39 is 21.5 Å². The molecule has 9 heteroatoms. The number of benzene rings is 1. The summed E-state index contributed by atoms with van der Waals surface area (Å²) in [6.45, 7) is 5.64. The van der Waals surface area contributed by atoms with E-state index in [0.29, 0.717) is 18.1 Å². The Morgan fingerprint density at radius 1 is 1.14 bits per heavy atom. The van der Waals surface area contributed by atoms with Gasteiger partial charge in [0.1, 0.15) is 6.54 Å². The molecule has 0 saturated heterocycles. The van der Waals surface area contributed by atoms with Crippen LogP contribution in [-0.2, 0) is 21.4 Å². The van der Waals surface area contributed by atoms with Gasteiger partial charge in [0.2, 0.25) is 15.9 Å². The van der Waals surface area contributed by atoms with Gasteiger partial charge in [-0.15, -0.1) is 0 Å². The fourth-order valence-corrected chi connectivity index (χ4v) is 4.38. The summed E-state index contributed by atoms with van der Waals surface area (Å²) in [7, 11) is -3.72. The van der Waals surface area contributed by atoms with Gasteiger partial charge < -0.3 is 9.88 Å². The van der Waals surface area contributed by atoms with E-state index in [2.05, 4.69) is 5.32 Å². The average molecular weight is 426 g/mol. The second-order valence-electron chi connectivity index (χ2n) is 6.26. The molecule has 1 unspecified atom stereocenters. The number of aromatic nitrogens is 1. The zero-order valence-corrected chi connectivity index (χ0v) is 17.6. The molecule has 1 amide bonds. The Morgan fingerprint density at radius 3 is 2.32 bits per heavy atom. The molecular weight excluding hydrogens is 402 g/mol. The molecule has 0 radical (unpaired) electrons. The molecule has 0 aliphatic carbocycles. The van der Waals surface area contributed by atoms with Crippen LogP contribution in [0.3, 0.4) is 0 Å². The molecule has 2 rings (SSSR count). The van der Waals surface area contributed by atoms with E-state index in [4.69, 9.17) is 11.6 Å². The average Bonchev–Trinajstić information content (AvgIpc) is 2.64. The third-order valence-electron chi connectivity index (χ3n) is 4.36. The normalized spacial score (nSPS) is 12.8. The molecule has 28 heavy (non-hydrogen) atoms. The van der Waals surface area contributed by atoms with Gasteiger partial charge in [-0.2, -0.15) is 4.31 Å². The van der Waals surface area contributed by atoms with E-state index in [-0.39, 0.29) is 17.5 Å². The monoisotopic (exact) mass is 425 g/mol. The van der Waals surface area contributed by atoms with Crippen LogP contribution in [0.2, 0.25) is 5.02 Å². The van der Waals surface area contributed by atoms with Gasteiger partial charge in [-0.3, -0.25) is 9.59 Å². The predicted molar refractivity (Wildman–Crippen MR) is 109 cm³/mol. The minimum absolute atomic E-state index is 0.0191. The topological polar surface area (TPSA) is 88.5 Å². The van der Waals surface area contributed by atoms with E-state index in [0.717, 1.165) is 16.2 Å². The molecule has 0 aliphatic rings. The first-order chi connectivity index (χ1) is 13.2. The number of carbonyl (C=O) groups excluding carboxylic acids is 1. The highest BCUT2D eigenvalue weighted by Crippen LogP contribution is 2.16. The largest absolute Gasteiger partial charge is 0.348 e. The van der Waals surface area contributed by atoms with Crippen LogP contribution >= 0.6 is 11.6 Å². The summed E-state index contributed by atoms with van der Waals surface area (Å²) < 4.78 is 27.7. The van der Waals surface area contributed by atoms with Crippen LogP contribution < -0.4 is 10.9 Å². The first-order valence-corrected chi connectivity index (χ1v) is 10.8. The molecule has 1 aromatic carbocycles. The van der Waals surface area contributed by atoms with E-state index in [9.17, 15) is 18.0 Å². The van der Waals surface area contributed by atoms with Crippen LogP contribution in [0, 0.1) is 0 Å². The molecule has 152 valence electrons. The molecule has 1 aromatic heterocycles. The quantitative estimate of drug-likeness (QED) is 0.703. The molecule has 2 aromatic rings. The second-order valence-corrected chi connectivity index (χ2v) is 8.64. The molecule has 0 saturated carbocycles. The molecular formula is C19H24ClN3O4S. The third kappa shape index (κ3) is 5.21. The summed E-state index contributed by atoms with van der Waals surface area (Å²) >= 11 is 5.86. The molecule has 1 heterocycles. The van der Waals surface area contributed by atoms with Crippen molar-refractivity contribution in [2.45, 2.75) is 38.3 Å². The highest BCUT2D eigenvalue weighted by atomic mass is 35.5. The maximum atomic E-state index is 12.6. The molecule has 1 N–H and O–H groups in total. The molecule has 7 nitrogen and oxygen atoms in total. The van der Waals surface area contributed by atoms with Crippen molar-refractivity contribution in [2.75, 3.05) is 13.1 Å². The Balaban J connectivity index is 2.18. The minimum Gasteiger partial charge on any atom is -0.348 e. The van der Waals surface area contributed by atoms with Crippen LogP contribution in [0.15, 0.2) is 52.3 Å². The van der Waals surface area contributed by atoms with Gasteiger partial charge in [0.15, 0.2) is 0 Å². The summed E-state index contributed by atoms with van der Waals surface area (Å²) in [6.07, 6.45) is 1.21. The van der Waals surface area contributed by atoms with Gasteiger partial charge >= 0.3 is 0 Å². The maximum Gasteiger partial charge on any atom is 0.251 e. The number of hydrogen-bond donors (Lipinski definition) is 1. The summed E-state index contributed by atoms with van der Waals surface area (Å²) in [6, 6.07) is 9.19. The van der Waals surface area contributed by atoms with E-state index in [1.807, 2.05) is 6.92 Å². The smallest absolute Gasteiger partial charge is 0.251 e. The lowest BCUT2D eigenvalue weighted by Gasteiger charge is -2.19. The van der Waals surface area contributed by atoms with Crippen LogP contribution in [0.5, 0.6) is 0 Å². The third-order valence-corrected chi connectivity index (χ3v) is 6.65. The van der Waals surface area contributed by atoms with Gasteiger partial charge in [-0.1, -0.05) is 37.6 Å². The zero-order valence-electron chi connectivity index (χ0n) is 16.1. The van der Waals surface area contributed by atoms with Crippen molar-refractivity contribution in [2.24, 2.45) is 0 Å². The number of pyridine rings is 1. The van der Waals surface area contributed by atoms with Crippen LogP contribution in [-0.4, -0.2) is 36.3 Å². The standard InChI is InChI=1S/C19H24ClN3O4S/c1-4-23(5-2)28(26,27)17-10-11-19(25)22(12-17)13-18(24)21-14(3)15-6-8-16(20)9-7-15/h6-12,14H,4-5,13H2,1-3H3,(H,21,24). The van der Waals surface area contributed by atoms with Gasteiger partial charge in [0.05, 0.1) is 10.9 Å². The van der Waals surface area contributed by atoms with Crippen molar-refractivity contribution < 1.29 is 13.2 Å². The van der Waals surface area contributed by atoms with Gasteiger partial charge in [0.25, 0.3) is 5.56 Å². The summed E-state index contributed by atoms with van der Waals surface area (Å²) in [5.74, 6) is -0.401. The predicted octanol–water partition coefficient (Wildman–Crippen LogP) is 2.41. The summed E-state index contributed by atoms with van der Waals surface area (Å²) in [4.78, 5) is 24.4. The Bertz CT molecular complexity index is 983. The van der Waals surface area contributed by atoms with E-state index in [1.165, 1.54) is 16.6 Å². The molecule has 0 aliphatic heterocycles. The number of halogens is 1. The Morgan fingerprint density at radius 2 is 1.75 bits per heavy atom. The first kappa shape index (κ1) is 22.1. The van der Waals surface area contributed by atoms with Crippen molar-refractivity contribution in [1.82, 2.24) is 14.2 Å². The van der Waals surface area contributed by atoms with Crippen LogP contribution in [0.4, 0.5) is 0 Å². The molecule has 0 spiro atoms. The summed E-state index contributed by atoms with van der Waals surface area (Å²) in [5, 5.41) is 3.39. The van der Waals surface area contributed by atoms with Crippen molar-refractivity contribution in [3.63, 3.8) is 0 Å². The number of rotatable bonds is 8. The highest BCUT2D eigenvalue weighted by Gasteiger charge is 2.22. The van der Waals surface area contributed by atoms with Crippen LogP contribution in [0.25, 0.3) is 0 Å². The van der Waals surface area contributed by atoms with Crippen LogP contribution in [0.1, 0.15) is 32.4 Å². The number of amides is 1. The SMILES string of the molecule is CCN(CC)S(=O)(=O)c1ccc(=O)n(CC(=O)NC(C)c2ccc(Cl)cc2)c1. The lowest BCUT2D eigenvalue weighted by atomic mass is 10.1. The van der Waals surface area contributed by atoms with E-state index >= 15 is 0 Å². The van der Waals surface area contributed by atoms with Gasteiger partial charge in [-0.25, -0.2) is 8.42 Å². The van der Waals surface area contributed by atoms with Crippen molar-refractivity contribution in [1.29, 1.82) is 0 Å². The fraction of sp³-hybridized carbons (Fsp3) is 0.368. The lowest BCUT2D eigenvalue weighted by Crippen LogP contribution is -2.35. The maximum absolute atomic E-state index is 12.6. The Hall–Kier alpha value is -2.16. The molecule has 0 fully saturated rings. The minimum atomic E-state index is -3.72. The first-order valence-electron chi connectivity index (χ1n) is 8.94. The zero-order chi connectivity index (χ0) is 20.9. The van der Waals surface area contributed by atoms with E-state index in [1.54, 1.807) is 38.1 Å². The number of hydrogen-bond acceptors (Lipinski definition) is 4. The number of nitrogens with one attached hydrogen (secondary N) is 1. The Kier molecular flexibility index (Phi) is 7.40. The molecule has 0 bridgehead atoms. The van der Waals surface area contributed by atoms with Crippen molar-refractivity contribution >= 4 is 27.5 Å². The second kappa shape index (κ2) is 9.36. The number of nitrogens with zero attached hydrogens (tertiary/aromatic N) is 2. The van der Waals surface area contributed by atoms with Crippen molar-refractivity contribution in [3.8, 4) is 0 Å². The lowest BCUT2D eigenvalue weighted by molar-refractivity contribution is -0.122. The number of sulfonamides is 1. The van der Waals surface area contributed by atoms with Gasteiger partial charge in [-0.05, 0) is 30.7 Å². The summed E-state index contributed by atoms with van der Waals surface area (Å²) in [5.41, 5.74) is 0.413. The fourth-order valence-electron chi connectivity index (χ4n) is 2.77. The molecule has 1 atom stereocenters. The Labute approximate surface area is 170 Å².